The number of aromatic nitrogens is 2. The molecule has 19 heavy (non-hydrogen) atoms. The van der Waals surface area contributed by atoms with Crippen LogP contribution >= 0.6 is 22.6 Å². The first kappa shape index (κ1) is 14.0. The van der Waals surface area contributed by atoms with Crippen LogP contribution in [0.5, 0.6) is 5.75 Å². The predicted molar refractivity (Wildman–Crippen MR) is 82.6 cm³/mol. The van der Waals surface area contributed by atoms with Crippen molar-refractivity contribution in [2.24, 2.45) is 0 Å². The van der Waals surface area contributed by atoms with Crippen molar-refractivity contribution in [1.29, 1.82) is 0 Å². The summed E-state index contributed by atoms with van der Waals surface area (Å²) in [4.78, 5) is 16.2. The van der Waals surface area contributed by atoms with Gasteiger partial charge in [0.15, 0.2) is 0 Å². The minimum absolute atomic E-state index is 0.0293. The number of hydrogen-bond donors (Lipinski definition) is 0. The monoisotopic (exact) mass is 370 g/mol. The molecule has 0 aliphatic heterocycles. The SMILES string of the molecule is COc1ccc(CCn2c(C)ncc(I)c2=O)cc1. The van der Waals surface area contributed by atoms with Crippen LogP contribution in [-0.2, 0) is 13.0 Å². The van der Waals surface area contributed by atoms with Crippen LogP contribution in [0.1, 0.15) is 11.4 Å². The summed E-state index contributed by atoms with van der Waals surface area (Å²) >= 11 is 2.02. The maximum absolute atomic E-state index is 12.0. The molecule has 1 heterocycles. The van der Waals surface area contributed by atoms with Crippen LogP contribution in [0, 0.1) is 10.5 Å². The van der Waals surface area contributed by atoms with E-state index >= 15 is 0 Å². The van der Waals surface area contributed by atoms with Gasteiger partial charge in [0, 0.05) is 12.7 Å². The number of halogens is 1. The second-order valence-electron chi connectivity index (χ2n) is 4.21. The van der Waals surface area contributed by atoms with E-state index in [1.165, 1.54) is 5.56 Å². The molecule has 2 rings (SSSR count). The van der Waals surface area contributed by atoms with Crippen LogP contribution in [0.4, 0.5) is 0 Å². The van der Waals surface area contributed by atoms with Gasteiger partial charge in [0.2, 0.25) is 0 Å². The molecule has 0 amide bonds. The van der Waals surface area contributed by atoms with E-state index in [2.05, 4.69) is 4.98 Å². The Labute approximate surface area is 125 Å². The molecule has 0 fully saturated rings. The Hall–Kier alpha value is -1.37. The van der Waals surface area contributed by atoms with E-state index in [1.807, 2.05) is 53.8 Å². The van der Waals surface area contributed by atoms with Gasteiger partial charge in [-0.05, 0) is 53.6 Å². The Morgan fingerprint density at radius 3 is 2.63 bits per heavy atom. The standard InChI is InChI=1S/C14H15IN2O2/c1-10-16-9-13(15)14(18)17(10)8-7-11-3-5-12(19-2)6-4-11/h3-6,9H,7-8H2,1-2H3. The second kappa shape index (κ2) is 6.18. The van der Waals surface area contributed by atoms with E-state index in [4.69, 9.17) is 4.74 Å². The van der Waals surface area contributed by atoms with Gasteiger partial charge >= 0.3 is 0 Å². The van der Waals surface area contributed by atoms with Gasteiger partial charge in [-0.1, -0.05) is 12.1 Å². The molecular formula is C14H15IN2O2. The zero-order chi connectivity index (χ0) is 13.8. The minimum atomic E-state index is 0.0293. The molecule has 0 saturated carbocycles. The number of nitrogens with zero attached hydrogens (tertiary/aromatic N) is 2. The molecule has 2 aromatic rings. The molecule has 5 heteroatoms. The second-order valence-corrected chi connectivity index (χ2v) is 5.37. The van der Waals surface area contributed by atoms with Crippen LogP contribution in [0.15, 0.2) is 35.3 Å². The smallest absolute Gasteiger partial charge is 0.266 e. The van der Waals surface area contributed by atoms with Gasteiger partial charge in [0.1, 0.15) is 11.6 Å². The fourth-order valence-corrected chi connectivity index (χ4v) is 2.28. The first-order chi connectivity index (χ1) is 9.11. The summed E-state index contributed by atoms with van der Waals surface area (Å²) in [6, 6.07) is 7.89. The third kappa shape index (κ3) is 3.34. The Morgan fingerprint density at radius 1 is 1.32 bits per heavy atom. The number of aryl methyl sites for hydroxylation is 2. The quantitative estimate of drug-likeness (QED) is 0.777. The molecule has 0 saturated heterocycles. The van der Waals surface area contributed by atoms with Crippen LogP contribution in [0.3, 0.4) is 0 Å². The Bertz CT molecular complexity index is 620. The number of benzene rings is 1. The topological polar surface area (TPSA) is 44.1 Å². The van der Waals surface area contributed by atoms with E-state index in [9.17, 15) is 4.79 Å². The lowest BCUT2D eigenvalue weighted by atomic mass is 10.1. The molecule has 0 aliphatic rings. The average molecular weight is 370 g/mol. The maximum Gasteiger partial charge on any atom is 0.266 e. The molecule has 1 aromatic heterocycles. The fraction of sp³-hybridized carbons (Fsp3) is 0.286. The maximum atomic E-state index is 12.0. The van der Waals surface area contributed by atoms with Crippen molar-refractivity contribution < 1.29 is 4.74 Å². The van der Waals surface area contributed by atoms with Crippen molar-refractivity contribution in [2.75, 3.05) is 7.11 Å². The summed E-state index contributed by atoms with van der Waals surface area (Å²) < 4.78 is 7.48. The fourth-order valence-electron chi connectivity index (χ4n) is 1.85. The van der Waals surface area contributed by atoms with Crippen LogP contribution in [0.25, 0.3) is 0 Å². The highest BCUT2D eigenvalue weighted by Gasteiger charge is 2.05. The lowest BCUT2D eigenvalue weighted by Crippen LogP contribution is -2.26. The zero-order valence-electron chi connectivity index (χ0n) is 10.9. The van der Waals surface area contributed by atoms with Crippen molar-refractivity contribution >= 4 is 22.6 Å². The van der Waals surface area contributed by atoms with Crippen molar-refractivity contribution in [3.63, 3.8) is 0 Å². The molecule has 0 unspecified atom stereocenters. The molecule has 0 aliphatic carbocycles. The molecule has 0 atom stereocenters. The van der Waals surface area contributed by atoms with Crippen molar-refractivity contribution in [3.05, 3.63) is 55.8 Å². The van der Waals surface area contributed by atoms with E-state index in [-0.39, 0.29) is 5.56 Å². The molecule has 4 nitrogen and oxygen atoms in total. The molecule has 0 bridgehead atoms. The highest BCUT2D eigenvalue weighted by Crippen LogP contribution is 2.12. The highest BCUT2D eigenvalue weighted by molar-refractivity contribution is 14.1. The normalized spacial score (nSPS) is 10.5. The van der Waals surface area contributed by atoms with E-state index in [0.29, 0.717) is 10.1 Å². The van der Waals surface area contributed by atoms with Gasteiger partial charge in [-0.2, -0.15) is 0 Å². The van der Waals surface area contributed by atoms with E-state index < -0.39 is 0 Å². The van der Waals surface area contributed by atoms with Crippen LogP contribution in [-0.4, -0.2) is 16.7 Å². The van der Waals surface area contributed by atoms with Gasteiger partial charge in [0.25, 0.3) is 5.56 Å². The number of rotatable bonds is 4. The largest absolute Gasteiger partial charge is 0.497 e. The number of methoxy groups -OCH3 is 1. The van der Waals surface area contributed by atoms with Crippen molar-refractivity contribution in [2.45, 2.75) is 19.9 Å². The first-order valence-corrected chi connectivity index (χ1v) is 7.04. The van der Waals surface area contributed by atoms with E-state index in [1.54, 1.807) is 17.9 Å². The molecule has 1 aromatic carbocycles. The summed E-state index contributed by atoms with van der Waals surface area (Å²) in [5.41, 5.74) is 1.20. The van der Waals surface area contributed by atoms with Gasteiger partial charge < -0.3 is 4.74 Å². The third-order valence-electron chi connectivity index (χ3n) is 2.99. The summed E-state index contributed by atoms with van der Waals surface area (Å²) in [5, 5.41) is 0. The molecule has 100 valence electrons. The third-order valence-corrected chi connectivity index (χ3v) is 3.73. The van der Waals surface area contributed by atoms with Crippen molar-refractivity contribution in [1.82, 2.24) is 9.55 Å². The number of hydrogen-bond acceptors (Lipinski definition) is 3. The molecule has 0 radical (unpaired) electrons. The lowest BCUT2D eigenvalue weighted by Gasteiger charge is -2.09. The minimum Gasteiger partial charge on any atom is -0.497 e. The molecule has 0 N–H and O–H groups in total. The molecular weight excluding hydrogens is 355 g/mol. The van der Waals surface area contributed by atoms with Gasteiger partial charge in [-0.25, -0.2) is 4.98 Å². The average Bonchev–Trinajstić information content (AvgIpc) is 2.44. The Morgan fingerprint density at radius 2 is 2.00 bits per heavy atom. The van der Waals surface area contributed by atoms with Crippen LogP contribution in [0.2, 0.25) is 0 Å². The summed E-state index contributed by atoms with van der Waals surface area (Å²) in [7, 11) is 1.65. The summed E-state index contributed by atoms with van der Waals surface area (Å²) in [6.45, 7) is 2.49. The van der Waals surface area contributed by atoms with Crippen molar-refractivity contribution in [3.8, 4) is 5.75 Å². The zero-order valence-corrected chi connectivity index (χ0v) is 13.0. The lowest BCUT2D eigenvalue weighted by molar-refractivity contribution is 0.414. The highest BCUT2D eigenvalue weighted by atomic mass is 127. The molecule has 0 spiro atoms. The van der Waals surface area contributed by atoms with E-state index in [0.717, 1.165) is 18.0 Å². The van der Waals surface area contributed by atoms with Gasteiger partial charge in [-0.3, -0.25) is 9.36 Å². The number of ether oxygens (including phenoxy) is 1. The predicted octanol–water partition coefficient (Wildman–Crippen LogP) is 2.41. The van der Waals surface area contributed by atoms with Gasteiger partial charge in [0.05, 0.1) is 10.7 Å². The van der Waals surface area contributed by atoms with Crippen LogP contribution < -0.4 is 10.3 Å². The summed E-state index contributed by atoms with van der Waals surface area (Å²) in [6.07, 6.45) is 2.41. The first-order valence-electron chi connectivity index (χ1n) is 5.96. The Kier molecular flexibility index (Phi) is 4.57. The Balaban J connectivity index is 2.14. The van der Waals surface area contributed by atoms with Gasteiger partial charge in [-0.15, -0.1) is 0 Å². The summed E-state index contributed by atoms with van der Waals surface area (Å²) in [5.74, 6) is 1.59.